The van der Waals surface area contributed by atoms with Gasteiger partial charge in [0.05, 0.1) is 13.7 Å². The number of hydrogen-bond acceptors (Lipinski definition) is 4. The Morgan fingerprint density at radius 3 is 2.42 bits per heavy atom. The monoisotopic (exact) mass is 177 g/mol. The van der Waals surface area contributed by atoms with Gasteiger partial charge >= 0.3 is 12.1 Å². The maximum atomic E-state index is 10.4. The number of aliphatic hydroxyl groups is 1. The number of carbonyl (C=O) groups excluding carboxylic acids is 1. The van der Waals surface area contributed by atoms with Gasteiger partial charge in [0.1, 0.15) is 0 Å². The minimum atomic E-state index is -1.96. The van der Waals surface area contributed by atoms with Gasteiger partial charge in [-0.25, -0.2) is 9.59 Å². The largest absolute Gasteiger partial charge is 0.479 e. The average Bonchev–Trinajstić information content (AvgIpc) is 2.00. The zero-order valence-electron chi connectivity index (χ0n) is 6.83. The van der Waals surface area contributed by atoms with Crippen LogP contribution in [0.15, 0.2) is 0 Å². The van der Waals surface area contributed by atoms with E-state index in [2.05, 4.69) is 10.1 Å². The second kappa shape index (κ2) is 3.91. The number of rotatable bonds is 3. The van der Waals surface area contributed by atoms with Crippen LogP contribution in [0.25, 0.3) is 0 Å². The molecule has 1 amide bonds. The van der Waals surface area contributed by atoms with Gasteiger partial charge in [0, 0.05) is 0 Å². The molecule has 1 atom stereocenters. The molecule has 0 bridgehead atoms. The molecule has 6 heteroatoms. The first kappa shape index (κ1) is 10.7. The topological polar surface area (TPSA) is 95.9 Å². The van der Waals surface area contributed by atoms with Gasteiger partial charge < -0.3 is 20.3 Å². The molecular formula is C6H11NO5. The summed E-state index contributed by atoms with van der Waals surface area (Å²) in [5.41, 5.74) is -1.96. The molecule has 0 aliphatic carbocycles. The fraction of sp³-hybridized carbons (Fsp3) is 0.667. The summed E-state index contributed by atoms with van der Waals surface area (Å²) in [6, 6.07) is 0. The Hall–Kier alpha value is -1.30. The lowest BCUT2D eigenvalue weighted by Crippen LogP contribution is -2.46. The van der Waals surface area contributed by atoms with E-state index in [1.807, 2.05) is 0 Å². The number of carboxylic acid groups (broad SMARTS) is 1. The summed E-state index contributed by atoms with van der Waals surface area (Å²) in [6.45, 7) is 0.681. The molecule has 3 N–H and O–H groups in total. The van der Waals surface area contributed by atoms with Gasteiger partial charge in [-0.1, -0.05) is 0 Å². The predicted octanol–water partition coefficient (Wildman–Crippen LogP) is -0.822. The number of alkyl carbamates (subject to hydrolysis) is 1. The maximum absolute atomic E-state index is 10.4. The molecule has 1 unspecified atom stereocenters. The van der Waals surface area contributed by atoms with Gasteiger partial charge in [0.2, 0.25) is 0 Å². The number of hydrogen-bond donors (Lipinski definition) is 3. The molecule has 0 saturated heterocycles. The molecule has 0 rings (SSSR count). The molecule has 0 radical (unpaired) electrons. The number of amides is 1. The molecular weight excluding hydrogens is 166 g/mol. The lowest BCUT2D eigenvalue weighted by atomic mass is 10.1. The molecule has 0 fully saturated rings. The van der Waals surface area contributed by atoms with Crippen molar-refractivity contribution in [2.24, 2.45) is 0 Å². The van der Waals surface area contributed by atoms with Crippen LogP contribution in [0.2, 0.25) is 0 Å². The molecule has 70 valence electrons. The van der Waals surface area contributed by atoms with Gasteiger partial charge in [-0.05, 0) is 6.92 Å². The van der Waals surface area contributed by atoms with Gasteiger partial charge in [0.25, 0.3) is 0 Å². The molecule has 6 nitrogen and oxygen atoms in total. The van der Waals surface area contributed by atoms with Crippen molar-refractivity contribution in [3.63, 3.8) is 0 Å². The number of aliphatic carboxylic acids is 1. The first-order valence-corrected chi connectivity index (χ1v) is 3.17. The normalized spacial score (nSPS) is 14.6. The minimum Gasteiger partial charge on any atom is -0.479 e. The van der Waals surface area contributed by atoms with Crippen molar-refractivity contribution < 1.29 is 24.5 Å². The fourth-order valence-corrected chi connectivity index (χ4v) is 0.392. The molecule has 0 spiro atoms. The Bertz CT molecular complexity index is 188. The van der Waals surface area contributed by atoms with Crippen molar-refractivity contribution in [1.82, 2.24) is 5.32 Å². The summed E-state index contributed by atoms with van der Waals surface area (Å²) in [6.07, 6.45) is -0.781. The smallest absolute Gasteiger partial charge is 0.406 e. The number of ether oxygens (including phenoxy) is 1. The molecule has 0 aromatic heterocycles. The predicted molar refractivity (Wildman–Crippen MR) is 38.7 cm³/mol. The summed E-state index contributed by atoms with van der Waals surface area (Å²) in [5, 5.41) is 19.5. The average molecular weight is 177 g/mol. The third kappa shape index (κ3) is 3.20. The van der Waals surface area contributed by atoms with E-state index in [4.69, 9.17) is 10.2 Å². The van der Waals surface area contributed by atoms with E-state index in [0.29, 0.717) is 0 Å². The molecule has 12 heavy (non-hydrogen) atoms. The Kier molecular flexibility index (Phi) is 3.49. The van der Waals surface area contributed by atoms with Crippen LogP contribution in [0.3, 0.4) is 0 Å². The summed E-state index contributed by atoms with van der Waals surface area (Å²) in [5.74, 6) is -1.40. The lowest BCUT2D eigenvalue weighted by Gasteiger charge is -2.17. The zero-order chi connectivity index (χ0) is 9.78. The van der Waals surface area contributed by atoms with Gasteiger partial charge in [0.15, 0.2) is 5.60 Å². The van der Waals surface area contributed by atoms with Gasteiger partial charge in [-0.15, -0.1) is 0 Å². The van der Waals surface area contributed by atoms with Crippen LogP contribution >= 0.6 is 0 Å². The van der Waals surface area contributed by atoms with E-state index < -0.39 is 24.2 Å². The highest BCUT2D eigenvalue weighted by atomic mass is 16.5. The summed E-state index contributed by atoms with van der Waals surface area (Å²) in [4.78, 5) is 20.7. The summed E-state index contributed by atoms with van der Waals surface area (Å²) >= 11 is 0. The number of nitrogens with one attached hydrogen (secondary N) is 1. The van der Waals surface area contributed by atoms with Crippen LogP contribution in [0.5, 0.6) is 0 Å². The van der Waals surface area contributed by atoms with E-state index in [-0.39, 0.29) is 0 Å². The zero-order valence-corrected chi connectivity index (χ0v) is 6.83. The highest BCUT2D eigenvalue weighted by molar-refractivity contribution is 5.78. The van der Waals surface area contributed by atoms with E-state index in [1.165, 1.54) is 0 Å². The third-order valence-electron chi connectivity index (χ3n) is 1.22. The van der Waals surface area contributed by atoms with Crippen LogP contribution < -0.4 is 5.32 Å². The van der Waals surface area contributed by atoms with Crippen molar-refractivity contribution in [1.29, 1.82) is 0 Å². The van der Waals surface area contributed by atoms with Crippen LogP contribution in [0, 0.1) is 0 Å². The fourth-order valence-electron chi connectivity index (χ4n) is 0.392. The van der Waals surface area contributed by atoms with E-state index in [9.17, 15) is 9.59 Å². The highest BCUT2D eigenvalue weighted by Gasteiger charge is 2.30. The number of carbonyl (C=O) groups is 2. The quantitative estimate of drug-likeness (QED) is 0.523. The maximum Gasteiger partial charge on any atom is 0.406 e. The van der Waals surface area contributed by atoms with E-state index >= 15 is 0 Å². The first-order valence-electron chi connectivity index (χ1n) is 3.17. The molecule has 0 aromatic rings. The Morgan fingerprint density at radius 2 is 2.08 bits per heavy atom. The van der Waals surface area contributed by atoms with Crippen molar-refractivity contribution in [3.8, 4) is 0 Å². The molecule has 0 saturated carbocycles. The van der Waals surface area contributed by atoms with Crippen LogP contribution in [0.1, 0.15) is 6.92 Å². The van der Waals surface area contributed by atoms with Crippen molar-refractivity contribution >= 4 is 12.1 Å². The molecule has 0 aliphatic heterocycles. The standard InChI is InChI=1S/C6H11NO5/c1-6(11,4(8)9)3-7-5(10)12-2/h11H,3H2,1-2H3,(H,7,10)(H,8,9). The van der Waals surface area contributed by atoms with E-state index in [0.717, 1.165) is 14.0 Å². The lowest BCUT2D eigenvalue weighted by molar-refractivity contribution is -0.155. The Labute approximate surface area is 69.1 Å². The Balaban J connectivity index is 3.92. The number of carboxylic acids is 1. The van der Waals surface area contributed by atoms with Crippen molar-refractivity contribution in [2.75, 3.05) is 13.7 Å². The SMILES string of the molecule is COC(=O)NCC(C)(O)C(=O)O. The second-order valence-electron chi connectivity index (χ2n) is 2.42. The summed E-state index contributed by atoms with van der Waals surface area (Å²) < 4.78 is 4.17. The van der Waals surface area contributed by atoms with Gasteiger partial charge in [-0.2, -0.15) is 0 Å². The molecule has 0 heterocycles. The highest BCUT2D eigenvalue weighted by Crippen LogP contribution is 2.00. The molecule has 0 aromatic carbocycles. The van der Waals surface area contributed by atoms with Gasteiger partial charge in [-0.3, -0.25) is 0 Å². The number of methoxy groups -OCH3 is 1. The second-order valence-corrected chi connectivity index (χ2v) is 2.42. The van der Waals surface area contributed by atoms with Crippen LogP contribution in [0.4, 0.5) is 4.79 Å². The summed E-state index contributed by atoms with van der Waals surface area (Å²) in [7, 11) is 1.14. The first-order chi connectivity index (χ1) is 5.40. The van der Waals surface area contributed by atoms with Crippen molar-refractivity contribution in [3.05, 3.63) is 0 Å². The van der Waals surface area contributed by atoms with E-state index in [1.54, 1.807) is 0 Å². The van der Waals surface area contributed by atoms with Crippen LogP contribution in [-0.4, -0.2) is 41.5 Å². The molecule has 0 aliphatic rings. The van der Waals surface area contributed by atoms with Crippen molar-refractivity contribution in [2.45, 2.75) is 12.5 Å². The minimum absolute atomic E-state index is 0.394. The third-order valence-corrected chi connectivity index (χ3v) is 1.22. The Morgan fingerprint density at radius 1 is 1.58 bits per heavy atom. The van der Waals surface area contributed by atoms with Crippen LogP contribution in [-0.2, 0) is 9.53 Å².